The number of benzene rings is 1. The predicted molar refractivity (Wildman–Crippen MR) is 213 cm³/mol. The number of amides is 1. The van der Waals surface area contributed by atoms with Crippen LogP contribution in [-0.4, -0.2) is 134 Å². The summed E-state index contributed by atoms with van der Waals surface area (Å²) >= 11 is 0. The van der Waals surface area contributed by atoms with Crippen molar-refractivity contribution in [3.63, 3.8) is 0 Å². The van der Waals surface area contributed by atoms with Gasteiger partial charge in [0.25, 0.3) is 0 Å². The Labute approximate surface area is 359 Å². The Hall–Kier alpha value is -5.64. The number of esters is 1. The normalized spacial score (nSPS) is 24.2. The lowest BCUT2D eigenvalue weighted by molar-refractivity contribution is -0.157. The first kappa shape index (κ1) is 47.8. The Bertz CT molecular complexity index is 2500. The van der Waals surface area contributed by atoms with Crippen LogP contribution in [0, 0.1) is 0 Å². The van der Waals surface area contributed by atoms with E-state index in [9.17, 15) is 48.4 Å². The molecule has 9 N–H and O–H groups in total. The van der Waals surface area contributed by atoms with Crippen LogP contribution in [0.4, 0.5) is 22.1 Å². The second-order valence-electron chi connectivity index (χ2n) is 14.0. The number of aliphatic hydroxyl groups is 2. The molecule has 346 valence electrons. The van der Waals surface area contributed by atoms with Gasteiger partial charge in [0.2, 0.25) is 0 Å². The fourth-order valence-corrected chi connectivity index (χ4v) is 7.82. The minimum absolute atomic E-state index is 0.0240. The molecule has 64 heavy (non-hydrogen) atoms. The van der Waals surface area contributed by atoms with E-state index in [1.54, 1.807) is 12.1 Å². The molecule has 0 aliphatic carbocycles. The van der Waals surface area contributed by atoms with Crippen molar-refractivity contribution in [3.8, 4) is 0 Å². The maximum Gasteiger partial charge on any atom is 0.472 e. The highest BCUT2D eigenvalue weighted by Crippen LogP contribution is 2.50. The lowest BCUT2D eigenvalue weighted by Gasteiger charge is -2.26. The summed E-state index contributed by atoms with van der Waals surface area (Å²) in [5.41, 5.74) is 20.1. The van der Waals surface area contributed by atoms with E-state index >= 15 is 0 Å². The van der Waals surface area contributed by atoms with Gasteiger partial charge in [0.1, 0.15) is 61.3 Å². The number of rotatable bonds is 19. The molecule has 0 spiro atoms. The van der Waals surface area contributed by atoms with Crippen molar-refractivity contribution in [1.29, 1.82) is 0 Å². The molecule has 2 fully saturated rings. The number of carbonyl (C=O) groups is 2. The second-order valence-corrected chi connectivity index (χ2v) is 16.6. The van der Waals surface area contributed by atoms with Gasteiger partial charge in [0.15, 0.2) is 30.0 Å². The summed E-state index contributed by atoms with van der Waals surface area (Å²) in [5, 5.41) is 26.2. The molecular weight excluding hydrogens is 898 g/mol. The summed E-state index contributed by atoms with van der Waals surface area (Å²) < 4.78 is 64.6. The van der Waals surface area contributed by atoms with Crippen molar-refractivity contribution >= 4 is 56.2 Å². The molecule has 0 radical (unpaired) electrons. The maximum absolute atomic E-state index is 13.6. The summed E-state index contributed by atoms with van der Waals surface area (Å²) in [7, 11) is -10.6. The zero-order valence-electron chi connectivity index (χ0n) is 33.3. The quantitative estimate of drug-likeness (QED) is 0.0223. The molecular formula is C33H42N12O17P2. The van der Waals surface area contributed by atoms with Gasteiger partial charge in [0, 0.05) is 23.3 Å². The number of ether oxygens (including phenoxy) is 4. The van der Waals surface area contributed by atoms with Gasteiger partial charge in [-0.1, -0.05) is 42.7 Å². The molecule has 1 unspecified atom stereocenters. The number of carbonyl (C=O) groups excluding carboxylic acids is 2. The fourth-order valence-electron chi connectivity index (χ4n) is 6.52. The maximum atomic E-state index is 13.6. The van der Waals surface area contributed by atoms with Gasteiger partial charge in [-0.3, -0.25) is 32.4 Å². The number of unbranched alkanes of at least 4 members (excludes halogenated alkanes) is 1. The number of anilines is 2. The molecule has 9 atom stereocenters. The Morgan fingerprint density at radius 2 is 1.64 bits per heavy atom. The second kappa shape index (κ2) is 20.5. The molecule has 31 heteroatoms. The first-order valence-corrected chi connectivity index (χ1v) is 22.0. The number of nitrogens with two attached hydrogens (primary N) is 2. The third-order valence-corrected chi connectivity index (χ3v) is 11.0. The Morgan fingerprint density at radius 1 is 0.969 bits per heavy atom. The molecule has 1 amide bonds. The molecule has 6 rings (SSSR count). The molecule has 1 aromatic carbocycles. The number of hydrogen-bond donors (Lipinski definition) is 7. The largest absolute Gasteiger partial charge is 0.472 e. The van der Waals surface area contributed by atoms with Gasteiger partial charge in [-0.2, -0.15) is 4.98 Å². The van der Waals surface area contributed by atoms with Crippen LogP contribution >= 0.6 is 15.6 Å². The first-order valence-electron chi connectivity index (χ1n) is 18.9. The van der Waals surface area contributed by atoms with E-state index in [1.807, 2.05) is 6.92 Å². The topological polar surface area (TPSA) is 417 Å². The lowest BCUT2D eigenvalue weighted by atomic mass is 10.1. The van der Waals surface area contributed by atoms with Crippen LogP contribution in [0.15, 0.2) is 59.1 Å². The molecule has 3 aromatic heterocycles. The Kier molecular flexibility index (Phi) is 15.3. The summed E-state index contributed by atoms with van der Waals surface area (Å²) in [6, 6.07) is 7.34. The monoisotopic (exact) mass is 940 g/mol. The van der Waals surface area contributed by atoms with Crippen molar-refractivity contribution in [3.05, 3.63) is 75.7 Å². The summed E-state index contributed by atoms with van der Waals surface area (Å²) in [6.07, 6.45) is -10.4. The average molecular weight is 941 g/mol. The van der Waals surface area contributed by atoms with Crippen LogP contribution in [0.3, 0.4) is 0 Å². The molecule has 4 aromatic rings. The zero-order chi connectivity index (χ0) is 46.3. The highest BCUT2D eigenvalue weighted by Gasteiger charge is 2.52. The highest BCUT2D eigenvalue weighted by atomic mass is 31.2. The van der Waals surface area contributed by atoms with Crippen LogP contribution in [0.25, 0.3) is 21.6 Å². The number of imidazole rings is 1. The number of aromatic nitrogens is 6. The van der Waals surface area contributed by atoms with Gasteiger partial charge >= 0.3 is 33.4 Å². The molecule has 0 saturated carbocycles. The standard InChI is InChI=1S/C33H42N12O17P2/c1-2-3-9-43(33(50)56-12-17-4-6-18(7-5-17)41-42-36)11-22(46)61-26-19(59-31(24(26)47)45-16-39-23-28(35)37-15-38-29(23)45)14-58-64(54,55)62-27-20(13-57-63(51,52)53)60-30(25(27)48)44-10-8-21(34)40-32(44)49/h4-8,10,15-16,19-20,24-27,30-31,47-48H,2-3,9,11-14H2,1H3,(H,54,55)(H2,34,40,49)(H2,35,37,38)(H2,51,52,53)/t19-,20-,24-,25-,26-,27-,30-,31-/m1/s1. The minimum atomic E-state index is -5.43. The first-order chi connectivity index (χ1) is 30.4. The number of aliphatic hydroxyl groups excluding tert-OH is 2. The van der Waals surface area contributed by atoms with E-state index in [0.717, 1.165) is 22.0 Å². The third-order valence-electron chi connectivity index (χ3n) is 9.56. The molecule has 0 bridgehead atoms. The van der Waals surface area contributed by atoms with E-state index in [2.05, 4.69) is 34.5 Å². The summed E-state index contributed by atoms with van der Waals surface area (Å²) in [4.78, 5) is 88.3. The van der Waals surface area contributed by atoms with Crippen LogP contribution in [0.2, 0.25) is 0 Å². The van der Waals surface area contributed by atoms with Crippen molar-refractivity contribution in [2.24, 2.45) is 5.11 Å². The number of phosphoric ester groups is 2. The third kappa shape index (κ3) is 11.7. The molecule has 5 heterocycles. The smallest absolute Gasteiger partial charge is 0.455 e. The van der Waals surface area contributed by atoms with Gasteiger partial charge < -0.3 is 55.3 Å². The minimum Gasteiger partial charge on any atom is -0.455 e. The number of azide groups is 1. The molecule has 29 nitrogen and oxygen atoms in total. The fraction of sp³-hybridized carbons (Fsp3) is 0.485. The van der Waals surface area contributed by atoms with Crippen LogP contribution in [-0.2, 0) is 53.1 Å². The summed E-state index contributed by atoms with van der Waals surface area (Å²) in [6.45, 7) is -1.02. The van der Waals surface area contributed by atoms with E-state index in [1.165, 1.54) is 29.1 Å². The van der Waals surface area contributed by atoms with E-state index in [0.29, 0.717) is 24.1 Å². The Balaban J connectivity index is 1.19. The van der Waals surface area contributed by atoms with Crippen molar-refractivity contribution in [2.45, 2.75) is 75.5 Å². The Morgan fingerprint density at radius 3 is 2.31 bits per heavy atom. The van der Waals surface area contributed by atoms with Crippen LogP contribution in [0.1, 0.15) is 37.8 Å². The zero-order valence-corrected chi connectivity index (χ0v) is 35.1. The predicted octanol–water partition coefficient (Wildman–Crippen LogP) is 0.668. The van der Waals surface area contributed by atoms with Gasteiger partial charge in [-0.15, -0.1) is 0 Å². The average Bonchev–Trinajstić information content (AvgIpc) is 3.90. The van der Waals surface area contributed by atoms with E-state index in [4.69, 9.17) is 45.0 Å². The van der Waals surface area contributed by atoms with E-state index < -0.39 is 102 Å². The lowest BCUT2D eigenvalue weighted by Crippen LogP contribution is -2.43. The van der Waals surface area contributed by atoms with Crippen molar-refractivity contribution in [2.75, 3.05) is 37.8 Å². The number of phosphoric acid groups is 2. The van der Waals surface area contributed by atoms with Gasteiger partial charge in [-0.25, -0.2) is 33.7 Å². The number of nitrogens with zero attached hydrogens (tertiary/aromatic N) is 10. The molecule has 2 saturated heterocycles. The highest BCUT2D eigenvalue weighted by molar-refractivity contribution is 7.47. The number of fused-ring (bicyclic) bond motifs is 1. The van der Waals surface area contributed by atoms with E-state index in [-0.39, 0.29) is 36.0 Å². The van der Waals surface area contributed by atoms with Gasteiger partial charge in [0.05, 0.1) is 19.5 Å². The van der Waals surface area contributed by atoms with Crippen LogP contribution < -0.4 is 17.2 Å². The number of nitrogen functional groups attached to an aromatic ring is 2. The summed E-state index contributed by atoms with van der Waals surface area (Å²) in [5.74, 6) is -1.29. The van der Waals surface area contributed by atoms with Crippen molar-refractivity contribution < 1.29 is 76.1 Å². The van der Waals surface area contributed by atoms with Gasteiger partial charge in [-0.05, 0) is 23.6 Å². The SMILES string of the molecule is CCCCN(CC(=O)O[C@H]1[C@@H](O)[C@H](n2cnc3c(N)ncnc32)O[C@@H]1COP(=O)(O)O[C@H]1[C@@H](O)[C@H](n2ccc(N)nc2=O)O[C@@H]1COP(=O)(O)O)C(=O)OCc1ccc(N=[N+]=[N-])cc1. The number of hydrogen-bond acceptors (Lipinski definition) is 21. The molecule has 2 aliphatic rings. The van der Waals surface area contributed by atoms with Crippen molar-refractivity contribution in [1.82, 2.24) is 34.0 Å². The molecule has 2 aliphatic heterocycles. The van der Waals surface area contributed by atoms with Crippen LogP contribution in [0.5, 0.6) is 0 Å².